The summed E-state index contributed by atoms with van der Waals surface area (Å²) in [5.74, 6) is 0.519. The minimum absolute atomic E-state index is 0. The first-order valence-electron chi connectivity index (χ1n) is 25.5. The van der Waals surface area contributed by atoms with Crippen molar-refractivity contribution in [2.75, 3.05) is 0 Å². The molecule has 0 bridgehead atoms. The van der Waals surface area contributed by atoms with E-state index in [1.807, 2.05) is 48.7 Å². The van der Waals surface area contributed by atoms with Gasteiger partial charge in [-0.1, -0.05) is 147 Å². The number of nitrogens with zero attached hydrogens (tertiary/aromatic N) is 5. The van der Waals surface area contributed by atoms with Gasteiger partial charge in [0.1, 0.15) is 4.83 Å². The van der Waals surface area contributed by atoms with Crippen molar-refractivity contribution < 1.29 is 28.6 Å². The van der Waals surface area contributed by atoms with Gasteiger partial charge in [-0.15, -0.1) is 42.0 Å². The van der Waals surface area contributed by atoms with Gasteiger partial charge in [0, 0.05) is 64.6 Å². The van der Waals surface area contributed by atoms with E-state index in [1.54, 1.807) is 29.7 Å². The molecular weight excluding hydrogens is 1100 g/mol. The van der Waals surface area contributed by atoms with Crippen molar-refractivity contribution in [2.45, 2.75) is 66.5 Å². The van der Waals surface area contributed by atoms with Crippen molar-refractivity contribution in [2.24, 2.45) is 0 Å². The first-order valence-corrected chi connectivity index (χ1v) is 28.3. The van der Waals surface area contributed by atoms with Crippen LogP contribution < -0.4 is 5.19 Å². The first-order chi connectivity index (χ1) is 35.4. The van der Waals surface area contributed by atoms with Gasteiger partial charge in [0.25, 0.3) is 0 Å². The van der Waals surface area contributed by atoms with Crippen LogP contribution in [0.25, 0.3) is 98.3 Å². The zero-order valence-electron chi connectivity index (χ0n) is 44.4. The van der Waals surface area contributed by atoms with Crippen molar-refractivity contribution in [1.29, 1.82) is 0 Å². The molecule has 12 rings (SSSR count). The van der Waals surface area contributed by atoms with E-state index in [2.05, 4.69) is 172 Å². The molecule has 9 heteroatoms. The van der Waals surface area contributed by atoms with E-state index in [4.69, 9.17) is 14.1 Å². The molecule has 5 heterocycles. The number of aromatic nitrogens is 5. The fraction of sp³-hybridized carbons (Fsp3) is 0.159. The van der Waals surface area contributed by atoms with Crippen molar-refractivity contribution >= 4 is 77.7 Å². The van der Waals surface area contributed by atoms with Gasteiger partial charge in [-0.25, -0.2) is 4.98 Å². The third-order valence-corrected chi connectivity index (χ3v) is 16.7. The first kappa shape index (κ1) is 45.0. The number of fused-ring (bicyclic) bond motifs is 7. The number of pyridine rings is 2. The van der Waals surface area contributed by atoms with E-state index in [-0.39, 0.29) is 31.3 Å². The third kappa shape index (κ3) is 8.62. The molecule has 359 valence electrons. The summed E-state index contributed by atoms with van der Waals surface area (Å²) >= 11 is 1.71. The van der Waals surface area contributed by atoms with E-state index in [0.29, 0.717) is 22.4 Å². The average molecular weight is 1160 g/mol. The predicted molar refractivity (Wildman–Crippen MR) is 300 cm³/mol. The van der Waals surface area contributed by atoms with Gasteiger partial charge >= 0.3 is 0 Å². The van der Waals surface area contributed by atoms with E-state index in [9.17, 15) is 4.39 Å². The van der Waals surface area contributed by atoms with Crippen LogP contribution in [0.5, 0.6) is 0 Å². The average Bonchev–Trinajstić information content (AvgIpc) is 4.06. The minimum atomic E-state index is -2.23. The molecule has 0 aliphatic rings. The topological polar surface area (TPSA) is 48.5 Å². The third-order valence-electron chi connectivity index (χ3n) is 13.5. The zero-order valence-corrected chi connectivity index (χ0v) is 45.7. The fourth-order valence-electron chi connectivity index (χ4n) is 10.0. The van der Waals surface area contributed by atoms with Crippen molar-refractivity contribution in [1.82, 2.24) is 24.1 Å². The number of benzene rings is 7. The number of rotatable bonds is 6. The Labute approximate surface area is 443 Å². The maximum Gasteiger partial charge on any atom is 0.113 e. The number of halogens is 1. The van der Waals surface area contributed by atoms with Gasteiger partial charge in [-0.05, 0) is 112 Å². The second-order valence-electron chi connectivity index (χ2n) is 20.4. The van der Waals surface area contributed by atoms with Gasteiger partial charge < -0.3 is 14.1 Å². The standard InChI is InChI=1S/C42H33N4S.C21H21FNSi.Ir/c1-25-23-33-29-21-20-27(42(3,4)5)24-36(29)45(28-13-7-6-8-14-28)38(33)26(2)37(25)46-35-19-10-9-18-34(35)44-40(46)32-16-11-15-30-31-17-12-22-43-41(31)47-39(30)32;1-15-12-20(23-14-21(15)24(2,3)4)17-10-11-19(22)18(13-17)16-8-6-5-7-9-16;/h6-15,17-24H,1-5H3;5-9,11-14H,1-4H3;/q2*-1;/i;1D3;. The Balaban J connectivity index is 0.000000196. The number of hydrogen-bond acceptors (Lipinski definition) is 4. The Kier molecular flexibility index (Phi) is 11.8. The van der Waals surface area contributed by atoms with E-state index in [0.717, 1.165) is 54.1 Å². The zero-order chi connectivity index (χ0) is 51.8. The van der Waals surface area contributed by atoms with Crippen LogP contribution in [0.2, 0.25) is 19.6 Å². The number of hydrogen-bond donors (Lipinski definition) is 0. The molecule has 0 unspecified atom stereocenters. The number of imidazole rings is 1. The van der Waals surface area contributed by atoms with Crippen molar-refractivity contribution in [3.05, 3.63) is 204 Å². The summed E-state index contributed by atoms with van der Waals surface area (Å²) < 4.78 is 44.1. The molecule has 5 aromatic heterocycles. The number of aryl methyl sites for hydroxylation is 3. The van der Waals surface area contributed by atoms with Gasteiger partial charge in [-0.3, -0.25) is 9.37 Å². The van der Waals surface area contributed by atoms with Crippen LogP contribution in [0.3, 0.4) is 0 Å². The molecule has 1 radical (unpaired) electrons. The Morgan fingerprint density at radius 2 is 1.46 bits per heavy atom. The smallest absolute Gasteiger partial charge is 0.113 e. The predicted octanol–water partition coefficient (Wildman–Crippen LogP) is 16.5. The van der Waals surface area contributed by atoms with E-state index < -0.39 is 14.9 Å². The molecule has 0 atom stereocenters. The summed E-state index contributed by atoms with van der Waals surface area (Å²) in [6, 6.07) is 57.3. The van der Waals surface area contributed by atoms with Crippen LogP contribution in [0.4, 0.5) is 4.39 Å². The number of thiophene rings is 1. The van der Waals surface area contributed by atoms with Crippen molar-refractivity contribution in [3.63, 3.8) is 0 Å². The summed E-state index contributed by atoms with van der Waals surface area (Å²) in [6.07, 6.45) is 3.54. The summed E-state index contributed by atoms with van der Waals surface area (Å²) in [4.78, 5) is 15.5. The van der Waals surface area contributed by atoms with E-state index >= 15 is 0 Å². The second-order valence-corrected chi connectivity index (χ2v) is 26.4. The van der Waals surface area contributed by atoms with Crippen LogP contribution in [0.15, 0.2) is 164 Å². The molecule has 72 heavy (non-hydrogen) atoms. The summed E-state index contributed by atoms with van der Waals surface area (Å²) in [7, 11) is -1.88. The van der Waals surface area contributed by atoms with Crippen molar-refractivity contribution in [3.8, 4) is 45.1 Å². The molecule has 0 N–H and O–H groups in total. The summed E-state index contributed by atoms with van der Waals surface area (Å²) in [6.45, 7) is 15.4. The molecule has 0 aliphatic carbocycles. The quantitative estimate of drug-likeness (QED) is 0.123. The Bertz CT molecular complexity index is 4130. The minimum Gasteiger partial charge on any atom is -0.333 e. The van der Waals surface area contributed by atoms with Crippen LogP contribution in [-0.4, -0.2) is 32.2 Å². The van der Waals surface area contributed by atoms with Gasteiger partial charge in [0.05, 0.1) is 36.0 Å². The molecule has 0 aliphatic heterocycles. The normalized spacial score (nSPS) is 12.7. The summed E-state index contributed by atoms with van der Waals surface area (Å²) in [5.41, 5.74) is 14.1. The van der Waals surface area contributed by atoms with Crippen LogP contribution >= 0.6 is 11.3 Å². The Morgan fingerprint density at radius 1 is 0.708 bits per heavy atom. The Morgan fingerprint density at radius 3 is 2.21 bits per heavy atom. The SMILES string of the molecule is Cc1cc2c3ccc(C(C)(C)C)cc3n(-c3ccccc3)c2c(C)c1-n1c(-c2[c-]ccc3c2sc2ncccc23)nc2ccccc21.[2H]C([2H])([2H])c1cc(-c2[c-]cc(F)c(-c3ccccc3)c2)ncc1[Si](C)(C)C.[Ir]. The van der Waals surface area contributed by atoms with E-state index in [1.165, 1.54) is 55.3 Å². The van der Waals surface area contributed by atoms with Crippen LogP contribution in [-0.2, 0) is 25.5 Å². The second kappa shape index (κ2) is 18.9. The molecule has 5 nitrogen and oxygen atoms in total. The van der Waals surface area contributed by atoms with Crippen LogP contribution in [0, 0.1) is 38.6 Å². The molecule has 0 amide bonds. The largest absolute Gasteiger partial charge is 0.333 e. The van der Waals surface area contributed by atoms with Gasteiger partial charge in [-0.2, -0.15) is 11.3 Å². The molecule has 0 saturated heterocycles. The maximum absolute atomic E-state index is 14.3. The van der Waals surface area contributed by atoms with Gasteiger partial charge in [0.2, 0.25) is 0 Å². The Hall–Kier alpha value is -6.87. The number of para-hydroxylation sites is 3. The molecule has 0 saturated carbocycles. The molecule has 0 spiro atoms. The molecule has 7 aromatic carbocycles. The maximum atomic E-state index is 14.3. The van der Waals surface area contributed by atoms with Crippen LogP contribution in [0.1, 0.15) is 47.1 Å². The van der Waals surface area contributed by atoms with Gasteiger partial charge in [0.15, 0.2) is 0 Å². The molecule has 0 fully saturated rings. The fourth-order valence-corrected chi connectivity index (χ4v) is 12.5. The summed E-state index contributed by atoms with van der Waals surface area (Å²) in [5, 5.41) is 5.70. The molecular formula is C63H54FIrN5SSi-2. The molecule has 12 aromatic rings. The monoisotopic (exact) mass is 1160 g/mol.